The van der Waals surface area contributed by atoms with Crippen molar-refractivity contribution in [2.75, 3.05) is 13.9 Å². The van der Waals surface area contributed by atoms with Gasteiger partial charge in [-0.05, 0) is 51.2 Å². The SMILES string of the molecule is COCOc1cc(-n2ccnc2)ccc1-c1ncc(OC2CC3[C@H]4C[C@H]4C(C2)N3C(=O)OC(C)(C)C)nn1. The molecule has 2 aliphatic heterocycles. The van der Waals surface area contributed by atoms with Crippen LogP contribution in [0.4, 0.5) is 4.79 Å². The van der Waals surface area contributed by atoms with Gasteiger partial charge >= 0.3 is 6.09 Å². The maximum Gasteiger partial charge on any atom is 0.410 e. The predicted molar refractivity (Wildman–Crippen MR) is 136 cm³/mol. The molecule has 6 rings (SSSR count). The first-order valence-electron chi connectivity index (χ1n) is 12.9. The van der Waals surface area contributed by atoms with Gasteiger partial charge in [-0.15, -0.1) is 10.2 Å². The van der Waals surface area contributed by atoms with E-state index in [0.717, 1.165) is 18.5 Å². The minimum absolute atomic E-state index is 0.0477. The molecule has 1 saturated carbocycles. The third-order valence-corrected chi connectivity index (χ3v) is 7.38. The Morgan fingerprint density at radius 1 is 1.11 bits per heavy atom. The Labute approximate surface area is 221 Å². The summed E-state index contributed by atoms with van der Waals surface area (Å²) >= 11 is 0. The van der Waals surface area contributed by atoms with Crippen LogP contribution in [0, 0.1) is 11.8 Å². The van der Waals surface area contributed by atoms with E-state index < -0.39 is 5.60 Å². The Morgan fingerprint density at radius 3 is 2.53 bits per heavy atom. The van der Waals surface area contributed by atoms with Gasteiger partial charge in [0.2, 0.25) is 0 Å². The Kier molecular flexibility index (Phi) is 6.17. The summed E-state index contributed by atoms with van der Waals surface area (Å²) < 4.78 is 24.7. The molecule has 2 aromatic heterocycles. The number of methoxy groups -OCH3 is 1. The molecule has 1 amide bonds. The number of carbonyl (C=O) groups is 1. The molecule has 11 heteroatoms. The highest BCUT2D eigenvalue weighted by molar-refractivity contribution is 5.70. The number of benzene rings is 1. The van der Waals surface area contributed by atoms with Crippen molar-refractivity contribution in [1.29, 1.82) is 0 Å². The van der Waals surface area contributed by atoms with Crippen molar-refractivity contribution >= 4 is 6.09 Å². The van der Waals surface area contributed by atoms with E-state index in [1.807, 2.05) is 54.6 Å². The molecule has 3 unspecified atom stereocenters. The van der Waals surface area contributed by atoms with Gasteiger partial charge < -0.3 is 28.4 Å². The summed E-state index contributed by atoms with van der Waals surface area (Å²) in [5, 5.41) is 8.63. The Morgan fingerprint density at radius 2 is 1.89 bits per heavy atom. The lowest BCUT2D eigenvalue weighted by molar-refractivity contribution is -0.0167. The molecule has 0 spiro atoms. The number of fused-ring (bicyclic) bond motifs is 5. The Bertz CT molecular complexity index is 1270. The van der Waals surface area contributed by atoms with Gasteiger partial charge in [0.05, 0.1) is 23.8 Å². The zero-order valence-electron chi connectivity index (χ0n) is 22.0. The lowest BCUT2D eigenvalue weighted by Gasteiger charge is -2.41. The fourth-order valence-electron chi connectivity index (χ4n) is 5.80. The van der Waals surface area contributed by atoms with Gasteiger partial charge in [-0.1, -0.05) is 0 Å². The number of nitrogens with zero attached hydrogens (tertiary/aromatic N) is 6. The van der Waals surface area contributed by atoms with E-state index in [9.17, 15) is 4.79 Å². The number of aromatic nitrogens is 5. The van der Waals surface area contributed by atoms with Gasteiger partial charge in [-0.3, -0.25) is 0 Å². The zero-order valence-corrected chi connectivity index (χ0v) is 22.0. The molecule has 4 heterocycles. The van der Waals surface area contributed by atoms with Crippen LogP contribution >= 0.6 is 0 Å². The number of rotatable bonds is 7. The largest absolute Gasteiger partial charge is 0.472 e. The molecule has 5 atom stereocenters. The average Bonchev–Trinajstić information content (AvgIpc) is 3.42. The number of ether oxygens (including phenoxy) is 4. The van der Waals surface area contributed by atoms with Gasteiger partial charge in [0, 0.05) is 50.5 Å². The quantitative estimate of drug-likeness (QED) is 0.428. The summed E-state index contributed by atoms with van der Waals surface area (Å²) in [6, 6.07) is 5.99. The van der Waals surface area contributed by atoms with E-state index in [1.54, 1.807) is 25.8 Å². The molecule has 2 saturated heterocycles. The van der Waals surface area contributed by atoms with E-state index in [2.05, 4.69) is 20.2 Å². The molecule has 11 nitrogen and oxygen atoms in total. The first kappa shape index (κ1) is 24.6. The predicted octanol–water partition coefficient (Wildman–Crippen LogP) is 3.87. The second kappa shape index (κ2) is 9.54. The van der Waals surface area contributed by atoms with Crippen LogP contribution in [-0.4, -0.2) is 73.4 Å². The third kappa shape index (κ3) is 4.78. The topological polar surface area (TPSA) is 114 Å². The van der Waals surface area contributed by atoms with Crippen LogP contribution in [0.1, 0.15) is 40.0 Å². The molecule has 0 N–H and O–H groups in total. The number of carbonyl (C=O) groups excluding carboxylic acids is 1. The highest BCUT2D eigenvalue weighted by atomic mass is 16.7. The summed E-state index contributed by atoms with van der Waals surface area (Å²) in [4.78, 5) is 23.4. The van der Waals surface area contributed by atoms with Crippen LogP contribution in [0.25, 0.3) is 17.1 Å². The first-order chi connectivity index (χ1) is 18.3. The molecule has 38 heavy (non-hydrogen) atoms. The maximum atomic E-state index is 12.9. The minimum atomic E-state index is -0.509. The van der Waals surface area contributed by atoms with Gasteiger partial charge in [0.15, 0.2) is 12.6 Å². The summed E-state index contributed by atoms with van der Waals surface area (Å²) in [6.07, 6.45) is 9.31. The zero-order chi connectivity index (χ0) is 26.4. The van der Waals surface area contributed by atoms with E-state index in [-0.39, 0.29) is 31.1 Å². The van der Waals surface area contributed by atoms with Gasteiger partial charge in [-0.2, -0.15) is 0 Å². The van der Waals surface area contributed by atoms with Crippen molar-refractivity contribution in [3.8, 4) is 28.7 Å². The third-order valence-electron chi connectivity index (χ3n) is 7.38. The number of imidazole rings is 1. The van der Waals surface area contributed by atoms with Crippen molar-refractivity contribution in [3.05, 3.63) is 43.1 Å². The molecule has 3 aliphatic rings. The molecule has 1 aromatic carbocycles. The van der Waals surface area contributed by atoms with Gasteiger partial charge in [0.25, 0.3) is 5.88 Å². The molecular formula is C27H32N6O5. The lowest BCUT2D eigenvalue weighted by atomic mass is 9.95. The van der Waals surface area contributed by atoms with E-state index in [4.69, 9.17) is 18.9 Å². The second-order valence-electron chi connectivity index (χ2n) is 11.1. The molecule has 200 valence electrons. The van der Waals surface area contributed by atoms with E-state index >= 15 is 0 Å². The van der Waals surface area contributed by atoms with Crippen LogP contribution in [0.5, 0.6) is 11.6 Å². The Hall–Kier alpha value is -3.73. The van der Waals surface area contributed by atoms with Crippen molar-refractivity contribution in [3.63, 3.8) is 0 Å². The van der Waals surface area contributed by atoms with Crippen LogP contribution in [-0.2, 0) is 9.47 Å². The second-order valence-corrected chi connectivity index (χ2v) is 11.1. The first-order valence-corrected chi connectivity index (χ1v) is 12.9. The van der Waals surface area contributed by atoms with Crippen LogP contribution < -0.4 is 9.47 Å². The van der Waals surface area contributed by atoms with Crippen molar-refractivity contribution in [1.82, 2.24) is 29.6 Å². The maximum absolute atomic E-state index is 12.9. The standard InChI is InChI=1S/C27H32N6O5/c1-27(2,3)38-26(34)33-21-10-17(11-22(33)20-12-19(20)21)37-24-13-29-25(31-30-24)18-6-5-16(32-8-7-28-14-32)9-23(18)36-15-35-4/h5-9,13-14,17,19-22H,10-12,15H2,1-4H3/t17?,19-,20+,21?,22?. The highest BCUT2D eigenvalue weighted by Crippen LogP contribution is 2.59. The normalized spacial score (nSPS) is 25.6. The van der Waals surface area contributed by atoms with Crippen LogP contribution in [0.2, 0.25) is 0 Å². The number of piperidine rings is 2. The van der Waals surface area contributed by atoms with Gasteiger partial charge in [0.1, 0.15) is 17.5 Å². The van der Waals surface area contributed by atoms with Crippen molar-refractivity contribution < 1.29 is 23.7 Å². The van der Waals surface area contributed by atoms with E-state index in [1.165, 1.54) is 6.42 Å². The Balaban J connectivity index is 1.15. The fourth-order valence-corrected chi connectivity index (χ4v) is 5.80. The average molecular weight is 521 g/mol. The van der Waals surface area contributed by atoms with Crippen molar-refractivity contribution in [2.24, 2.45) is 11.8 Å². The van der Waals surface area contributed by atoms with Crippen LogP contribution in [0.3, 0.4) is 0 Å². The summed E-state index contributed by atoms with van der Waals surface area (Å²) in [5.41, 5.74) is 1.06. The number of hydrogen-bond donors (Lipinski definition) is 0. The van der Waals surface area contributed by atoms with Crippen LogP contribution in [0.15, 0.2) is 43.1 Å². The molecular weight excluding hydrogens is 488 g/mol. The highest BCUT2D eigenvalue weighted by Gasteiger charge is 2.63. The number of hydrogen-bond acceptors (Lipinski definition) is 9. The molecule has 1 aliphatic carbocycles. The molecule has 2 bridgehead atoms. The molecule has 3 aromatic rings. The summed E-state index contributed by atoms with van der Waals surface area (Å²) in [6.45, 7) is 5.79. The summed E-state index contributed by atoms with van der Waals surface area (Å²) in [5.74, 6) is 2.44. The number of amides is 1. The molecule has 0 radical (unpaired) electrons. The molecule has 3 fully saturated rings. The monoisotopic (exact) mass is 520 g/mol. The van der Waals surface area contributed by atoms with Gasteiger partial charge in [-0.25, -0.2) is 14.8 Å². The van der Waals surface area contributed by atoms with Crippen molar-refractivity contribution in [2.45, 2.75) is 63.8 Å². The lowest BCUT2D eigenvalue weighted by Crippen LogP contribution is -2.53. The fraction of sp³-hybridized carbons (Fsp3) is 0.519. The summed E-state index contributed by atoms with van der Waals surface area (Å²) in [7, 11) is 1.57. The van der Waals surface area contributed by atoms with E-state index in [0.29, 0.717) is 34.9 Å². The smallest absolute Gasteiger partial charge is 0.410 e. The minimum Gasteiger partial charge on any atom is -0.472 e.